The largest absolute Gasteiger partial charge is 0.307 e. The molecule has 0 atom stereocenters. The minimum Gasteiger partial charge on any atom is -0.307 e. The number of aromatic nitrogens is 3. The van der Waals surface area contributed by atoms with Crippen LogP contribution in [0.25, 0.3) is 21.8 Å². The van der Waals surface area contributed by atoms with Crippen molar-refractivity contribution in [2.24, 2.45) is 7.05 Å². The maximum absolute atomic E-state index is 13.9. The minimum atomic E-state index is -0.472. The second-order valence-electron chi connectivity index (χ2n) is 7.21. The van der Waals surface area contributed by atoms with Crippen molar-refractivity contribution < 1.29 is 13.6 Å². The van der Waals surface area contributed by atoms with Gasteiger partial charge in [0.1, 0.15) is 17.4 Å². The third-order valence-corrected chi connectivity index (χ3v) is 5.12. The molecule has 4 aromatic rings. The Morgan fingerprint density at radius 2 is 1.90 bits per heavy atom. The second-order valence-corrected chi connectivity index (χ2v) is 7.21. The van der Waals surface area contributed by atoms with E-state index in [2.05, 4.69) is 5.10 Å². The van der Waals surface area contributed by atoms with Crippen LogP contribution in [0, 0.1) is 18.6 Å². The number of Topliss-reactive ketones (excluding diaryl/α,β-unsaturated/α-hetero) is 1. The van der Waals surface area contributed by atoms with Crippen molar-refractivity contribution in [3.8, 4) is 0 Å². The van der Waals surface area contributed by atoms with Crippen molar-refractivity contribution in [1.29, 1.82) is 0 Å². The Kier molecular flexibility index (Phi) is 4.74. The van der Waals surface area contributed by atoms with Gasteiger partial charge in [-0.2, -0.15) is 5.10 Å². The lowest BCUT2D eigenvalue weighted by atomic mass is 10.0. The number of fused-ring (bicyclic) bond motifs is 3. The molecule has 2 heterocycles. The zero-order valence-electron chi connectivity index (χ0n) is 16.1. The van der Waals surface area contributed by atoms with Gasteiger partial charge < -0.3 is 4.57 Å². The maximum Gasteiger partial charge on any atom is 0.262 e. The highest BCUT2D eigenvalue weighted by Gasteiger charge is 2.16. The summed E-state index contributed by atoms with van der Waals surface area (Å²) < 4.78 is 30.8. The van der Waals surface area contributed by atoms with Crippen LogP contribution in [-0.2, 0) is 24.8 Å². The van der Waals surface area contributed by atoms with Crippen LogP contribution in [0.1, 0.15) is 17.5 Å². The number of nitrogens with zero attached hydrogens (tertiary/aromatic N) is 3. The van der Waals surface area contributed by atoms with Crippen LogP contribution in [-0.4, -0.2) is 20.1 Å². The number of benzene rings is 2. The molecule has 0 saturated heterocycles. The van der Waals surface area contributed by atoms with Crippen molar-refractivity contribution in [2.45, 2.75) is 26.3 Å². The summed E-state index contributed by atoms with van der Waals surface area (Å²) in [5.41, 5.74) is 1.89. The average molecular weight is 395 g/mol. The predicted molar refractivity (Wildman–Crippen MR) is 107 cm³/mol. The number of carbonyl (C=O) groups is 1. The number of hydrogen-bond acceptors (Lipinski definition) is 3. The highest BCUT2D eigenvalue weighted by Crippen LogP contribution is 2.23. The summed E-state index contributed by atoms with van der Waals surface area (Å²) in [6.07, 6.45) is 1.45. The molecule has 0 saturated carbocycles. The smallest absolute Gasteiger partial charge is 0.262 e. The van der Waals surface area contributed by atoms with E-state index in [-0.39, 0.29) is 30.7 Å². The molecule has 0 amide bonds. The zero-order chi connectivity index (χ0) is 20.7. The Morgan fingerprint density at radius 3 is 2.69 bits per heavy atom. The van der Waals surface area contributed by atoms with Gasteiger partial charge in [0.15, 0.2) is 0 Å². The lowest BCUT2D eigenvalue weighted by Gasteiger charge is -2.12. The van der Waals surface area contributed by atoms with Crippen LogP contribution in [0.2, 0.25) is 0 Å². The fourth-order valence-electron chi connectivity index (χ4n) is 3.69. The quantitative estimate of drug-likeness (QED) is 0.518. The second kappa shape index (κ2) is 7.24. The topological polar surface area (TPSA) is 56.9 Å². The molecule has 5 nitrogen and oxygen atoms in total. The van der Waals surface area contributed by atoms with Crippen LogP contribution in [0.5, 0.6) is 0 Å². The monoisotopic (exact) mass is 395 g/mol. The first-order chi connectivity index (χ1) is 13.8. The van der Waals surface area contributed by atoms with Gasteiger partial charge in [-0.1, -0.05) is 17.7 Å². The van der Waals surface area contributed by atoms with E-state index in [1.807, 2.05) is 6.92 Å². The molecule has 0 bridgehead atoms. The van der Waals surface area contributed by atoms with Crippen molar-refractivity contribution in [3.63, 3.8) is 0 Å². The maximum atomic E-state index is 13.9. The Morgan fingerprint density at radius 1 is 1.10 bits per heavy atom. The minimum absolute atomic E-state index is 0.0324. The fourth-order valence-corrected chi connectivity index (χ4v) is 3.69. The first kappa shape index (κ1) is 19.0. The van der Waals surface area contributed by atoms with Crippen molar-refractivity contribution >= 4 is 27.6 Å². The van der Waals surface area contributed by atoms with Crippen LogP contribution in [0.3, 0.4) is 0 Å². The van der Waals surface area contributed by atoms with Crippen LogP contribution >= 0.6 is 0 Å². The molecule has 0 aliphatic carbocycles. The van der Waals surface area contributed by atoms with E-state index >= 15 is 0 Å². The Hall–Kier alpha value is -3.35. The van der Waals surface area contributed by atoms with E-state index in [1.165, 1.54) is 29.0 Å². The summed E-state index contributed by atoms with van der Waals surface area (Å²) in [6, 6.07) is 8.85. The van der Waals surface area contributed by atoms with Gasteiger partial charge >= 0.3 is 0 Å². The van der Waals surface area contributed by atoms with Gasteiger partial charge in [-0.05, 0) is 36.8 Å². The molecular formula is C22H19F2N3O2. The highest BCUT2D eigenvalue weighted by atomic mass is 19.1. The number of pyridine rings is 1. The molecule has 2 aromatic heterocycles. The Bertz CT molecular complexity index is 1320. The molecule has 0 aliphatic heterocycles. The fraction of sp³-hybridized carbons (Fsp3) is 0.227. The third-order valence-electron chi connectivity index (χ3n) is 5.12. The number of halogens is 2. The summed E-state index contributed by atoms with van der Waals surface area (Å²) in [5.74, 6) is -1.09. The average Bonchev–Trinajstić information content (AvgIpc) is 3.06. The number of ketones is 1. The molecule has 7 heteroatoms. The standard InChI is InChI=1S/C22H19F2N3O2/c1-13-3-6-19(24)14(9-13)10-16(28)7-8-27-20-11-15(23)4-5-17(20)21-18(22(27)29)12-25-26(21)2/h3-6,9,11-12H,7-8,10H2,1-2H3. The van der Waals surface area contributed by atoms with Crippen molar-refractivity contribution in [2.75, 3.05) is 0 Å². The summed E-state index contributed by atoms with van der Waals surface area (Å²) >= 11 is 0. The number of rotatable bonds is 5. The zero-order valence-corrected chi connectivity index (χ0v) is 16.1. The van der Waals surface area contributed by atoms with Gasteiger partial charge in [0.2, 0.25) is 0 Å². The lowest BCUT2D eigenvalue weighted by Crippen LogP contribution is -2.23. The molecule has 0 fully saturated rings. The third kappa shape index (κ3) is 3.44. The van der Waals surface area contributed by atoms with Gasteiger partial charge in [0.25, 0.3) is 5.56 Å². The van der Waals surface area contributed by atoms with Gasteiger partial charge in [-0.3, -0.25) is 14.3 Å². The van der Waals surface area contributed by atoms with Crippen molar-refractivity contribution in [1.82, 2.24) is 14.3 Å². The number of hydrogen-bond donors (Lipinski definition) is 0. The summed E-state index contributed by atoms with van der Waals surface area (Å²) in [6.45, 7) is 1.91. The summed E-state index contributed by atoms with van der Waals surface area (Å²) in [4.78, 5) is 25.4. The summed E-state index contributed by atoms with van der Waals surface area (Å²) in [7, 11) is 1.72. The van der Waals surface area contributed by atoms with E-state index in [0.29, 0.717) is 27.4 Å². The van der Waals surface area contributed by atoms with E-state index in [0.717, 1.165) is 5.56 Å². The first-order valence-corrected chi connectivity index (χ1v) is 9.25. The van der Waals surface area contributed by atoms with Crippen LogP contribution in [0.15, 0.2) is 47.4 Å². The van der Waals surface area contributed by atoms with Gasteiger partial charge in [0.05, 0.1) is 22.6 Å². The highest BCUT2D eigenvalue weighted by molar-refractivity contribution is 6.03. The molecule has 2 aromatic carbocycles. The molecule has 0 N–H and O–H groups in total. The molecule has 0 aliphatic rings. The van der Waals surface area contributed by atoms with Crippen molar-refractivity contribution in [3.05, 3.63) is 75.7 Å². The SMILES string of the molecule is Cc1ccc(F)c(CC(=O)CCn2c(=O)c3cnn(C)c3c3ccc(F)cc32)c1. The van der Waals surface area contributed by atoms with E-state index in [1.54, 1.807) is 29.9 Å². The molecule has 148 valence electrons. The predicted octanol–water partition coefficient (Wildman–Crippen LogP) is 3.68. The summed E-state index contributed by atoms with van der Waals surface area (Å²) in [5, 5.41) is 5.23. The lowest BCUT2D eigenvalue weighted by molar-refractivity contribution is -0.118. The number of aryl methyl sites for hydroxylation is 3. The normalized spacial score (nSPS) is 11.4. The van der Waals surface area contributed by atoms with Gasteiger partial charge in [0, 0.05) is 31.8 Å². The Balaban J connectivity index is 1.69. The number of carbonyl (C=O) groups excluding carboxylic acids is 1. The molecule has 29 heavy (non-hydrogen) atoms. The van der Waals surface area contributed by atoms with E-state index in [4.69, 9.17) is 0 Å². The Labute approximate surface area is 165 Å². The molecule has 0 radical (unpaired) electrons. The molecule has 4 rings (SSSR count). The van der Waals surface area contributed by atoms with Gasteiger partial charge in [-0.25, -0.2) is 8.78 Å². The van der Waals surface area contributed by atoms with E-state index < -0.39 is 11.6 Å². The van der Waals surface area contributed by atoms with Gasteiger partial charge in [-0.15, -0.1) is 0 Å². The van der Waals surface area contributed by atoms with E-state index in [9.17, 15) is 18.4 Å². The van der Waals surface area contributed by atoms with Crippen LogP contribution in [0.4, 0.5) is 8.78 Å². The first-order valence-electron chi connectivity index (χ1n) is 9.25. The van der Waals surface area contributed by atoms with Crippen LogP contribution < -0.4 is 5.56 Å². The molecular weight excluding hydrogens is 376 g/mol. The molecule has 0 spiro atoms. The molecule has 0 unspecified atom stereocenters.